The van der Waals surface area contributed by atoms with Gasteiger partial charge in [0.05, 0.1) is 28.1 Å². The summed E-state index contributed by atoms with van der Waals surface area (Å²) < 4.78 is 0. The number of rotatable bonds is 26. The van der Waals surface area contributed by atoms with Gasteiger partial charge in [-0.05, 0) is 22.3 Å². The van der Waals surface area contributed by atoms with Gasteiger partial charge in [0, 0.05) is 12.6 Å². The van der Waals surface area contributed by atoms with Crippen molar-refractivity contribution in [1.82, 2.24) is 26.6 Å². The predicted octanol–water partition coefficient (Wildman–Crippen LogP) is -5.06. The van der Waals surface area contributed by atoms with Crippen molar-refractivity contribution in [2.45, 2.75) is 43.3 Å². The minimum Gasteiger partial charge on any atom is -0.478 e. The van der Waals surface area contributed by atoms with Gasteiger partial charge in [-0.15, -0.1) is 0 Å². The number of benzene rings is 4. The van der Waals surface area contributed by atoms with E-state index in [9.17, 15) is 64.0 Å². The van der Waals surface area contributed by atoms with Crippen LogP contribution in [0.2, 0.25) is 0 Å². The number of carboxylic acids is 1. The highest BCUT2D eigenvalue weighted by atomic mass is 16.6. The second-order valence-corrected chi connectivity index (χ2v) is 16.1. The minimum atomic E-state index is -2.27. The third-order valence-corrected chi connectivity index (χ3v) is 10.4. The summed E-state index contributed by atoms with van der Waals surface area (Å²) in [5.41, 5.74) is 46.6. The molecule has 416 valence electrons. The molecule has 4 aromatic carbocycles. The maximum Gasteiger partial charge on any atom is 0.338 e. The number of nitro groups is 2. The molecule has 0 saturated heterocycles. The number of nitrogens with one attached hydrogen (secondary N) is 5. The van der Waals surface area contributed by atoms with Gasteiger partial charge in [-0.1, -0.05) is 97.1 Å². The zero-order valence-electron chi connectivity index (χ0n) is 41.0. The van der Waals surface area contributed by atoms with Gasteiger partial charge in [-0.25, -0.2) is 24.8 Å². The predicted molar refractivity (Wildman–Crippen MR) is 283 cm³/mol. The van der Waals surface area contributed by atoms with E-state index >= 15 is 0 Å². The van der Waals surface area contributed by atoms with Gasteiger partial charge in [-0.2, -0.15) is 0 Å². The van der Waals surface area contributed by atoms with Crippen LogP contribution in [0.15, 0.2) is 117 Å². The smallest absolute Gasteiger partial charge is 0.338 e. The van der Waals surface area contributed by atoms with Crippen LogP contribution in [0.25, 0.3) is 12.2 Å². The second kappa shape index (κ2) is 27.7. The van der Waals surface area contributed by atoms with Gasteiger partial charge >= 0.3 is 5.97 Å². The summed E-state index contributed by atoms with van der Waals surface area (Å²) in [7, 11) is 0. The van der Waals surface area contributed by atoms with Crippen molar-refractivity contribution >= 4 is 94.5 Å². The summed E-state index contributed by atoms with van der Waals surface area (Å²) in [4.78, 5) is 132. The van der Waals surface area contributed by atoms with E-state index in [4.69, 9.17) is 51.6 Å². The van der Waals surface area contributed by atoms with Crippen molar-refractivity contribution in [1.29, 1.82) is 0 Å². The van der Waals surface area contributed by atoms with Gasteiger partial charge in [-0.3, -0.25) is 49.0 Å². The Kier molecular flexibility index (Phi) is 21.1. The number of hydrogen-bond acceptors (Lipinski definition) is 17. The number of aliphatic hydroxyl groups excluding tert-OH is 1. The SMILES string of the molecule is NC(=O)C(N=C(N)N)NC(=O)C(N=C(N)N)NC(=O)C(N=C(N)N)NC(=O)C(N=C(N)N)NC(=O)C(NC(=O)C(CO)N(Cc1ccc(/C=C/c2ccccc2)cc1)c1c(C(=O)O)cc([N+](=O)[O-])cc1[N+](=O)[O-])c1ccccc1. The summed E-state index contributed by atoms with van der Waals surface area (Å²) in [6, 6.07) is 19.4. The maximum atomic E-state index is 14.7. The van der Waals surface area contributed by atoms with Crippen LogP contribution in [0.1, 0.15) is 38.7 Å². The molecule has 4 rings (SSSR count). The maximum absolute atomic E-state index is 14.7. The first kappa shape index (κ1) is 60.1. The average molecular weight is 1100 g/mol. The fraction of sp³-hybridized carbons (Fsp3) is 0.178. The van der Waals surface area contributed by atoms with Gasteiger partial charge in [0.1, 0.15) is 17.8 Å². The van der Waals surface area contributed by atoms with Crippen molar-refractivity contribution in [2.75, 3.05) is 11.5 Å². The highest BCUT2D eigenvalue weighted by Gasteiger charge is 2.39. The zero-order chi connectivity index (χ0) is 58.7. The highest BCUT2D eigenvalue weighted by molar-refractivity contribution is 6.02. The molecule has 0 aliphatic carbocycles. The Morgan fingerprint density at radius 3 is 1.41 bits per heavy atom. The van der Waals surface area contributed by atoms with Crippen LogP contribution >= 0.6 is 0 Å². The Morgan fingerprint density at radius 1 is 0.557 bits per heavy atom. The van der Waals surface area contributed by atoms with E-state index in [2.05, 4.69) is 30.6 Å². The van der Waals surface area contributed by atoms with Crippen LogP contribution in [0, 0.1) is 20.2 Å². The largest absolute Gasteiger partial charge is 0.478 e. The standard InChI is InChI=1S/C45H53N21O13/c46-31(68)32(60-42(47)48)56-38(71)34(62-44(51)52)58-40(73)35(63-45(53)54)59-39(72)33(61-43(49)50)57-37(70)29(24-9-5-2-6-10-24)55-36(69)28(20-67)64(30-26(41(74)75)17-25(65(76)77)18-27(30)66(78)79)19-23-15-13-22(14-16-23)12-11-21-7-3-1-4-8-21/h1-18,28-29,32-35,67H,19-20H2,(H2,46,68)(H,55,69)(H,56,71)(H,57,70)(H,58,73)(H,59,72)(H,74,75)(H4,47,48,60)(H4,49,50,61)(H4,51,52,62)(H4,53,54,63)/b12-11+. The lowest BCUT2D eigenvalue weighted by Crippen LogP contribution is -2.58. The van der Waals surface area contributed by atoms with Gasteiger partial charge in [0.15, 0.2) is 23.8 Å². The van der Waals surface area contributed by atoms with Crippen molar-refractivity contribution in [3.05, 3.63) is 145 Å². The van der Waals surface area contributed by atoms with E-state index in [1.165, 1.54) is 42.5 Å². The number of amides is 6. The number of primary amides is 1. The van der Waals surface area contributed by atoms with E-state index in [-0.39, 0.29) is 11.1 Å². The summed E-state index contributed by atoms with van der Waals surface area (Å²) in [6.07, 6.45) is -5.03. The second-order valence-electron chi connectivity index (χ2n) is 16.1. The number of hydrogen-bond donors (Lipinski definition) is 16. The first-order valence-electron chi connectivity index (χ1n) is 22.4. The lowest BCUT2D eigenvalue weighted by Gasteiger charge is -2.33. The number of non-ortho nitro benzene ring substituents is 1. The fourth-order valence-corrected chi connectivity index (χ4v) is 6.95. The normalized spacial score (nSPS) is 12.9. The number of aliphatic hydroxyl groups is 1. The first-order valence-corrected chi connectivity index (χ1v) is 22.4. The molecule has 0 aliphatic heterocycles. The van der Waals surface area contributed by atoms with Crippen molar-refractivity contribution < 1.29 is 53.6 Å². The Hall–Kier alpha value is -11.5. The molecule has 79 heavy (non-hydrogen) atoms. The minimum absolute atomic E-state index is 0.0487. The van der Waals surface area contributed by atoms with Crippen LogP contribution < -0.4 is 83.1 Å². The van der Waals surface area contributed by atoms with Crippen LogP contribution in [0.5, 0.6) is 0 Å². The van der Waals surface area contributed by atoms with Crippen molar-refractivity contribution in [3.63, 3.8) is 0 Å². The van der Waals surface area contributed by atoms with E-state index in [0.717, 1.165) is 10.5 Å². The molecule has 34 heteroatoms. The van der Waals surface area contributed by atoms with Crippen LogP contribution in [-0.4, -0.2) is 123 Å². The first-order chi connectivity index (χ1) is 37.3. The average Bonchev–Trinajstić information content (AvgIpc) is 3.42. The lowest BCUT2D eigenvalue weighted by molar-refractivity contribution is -0.393. The molecular weight excluding hydrogens is 1040 g/mol. The number of aliphatic imine (C=N–C) groups is 4. The van der Waals surface area contributed by atoms with Crippen LogP contribution in [0.3, 0.4) is 0 Å². The zero-order valence-corrected chi connectivity index (χ0v) is 41.0. The van der Waals surface area contributed by atoms with E-state index < -0.39 is 148 Å². The molecule has 6 amide bonds. The number of carbonyl (C=O) groups excluding carboxylic acids is 6. The van der Waals surface area contributed by atoms with Crippen molar-refractivity contribution in [3.8, 4) is 0 Å². The molecule has 6 atom stereocenters. The Bertz CT molecular complexity index is 3050. The van der Waals surface area contributed by atoms with E-state index in [1.807, 2.05) is 52.4 Å². The van der Waals surface area contributed by atoms with Crippen molar-refractivity contribution in [2.24, 2.45) is 71.6 Å². The number of anilines is 1. The molecule has 0 aromatic heterocycles. The third kappa shape index (κ3) is 17.6. The van der Waals surface area contributed by atoms with Gasteiger partial charge in [0.25, 0.3) is 35.0 Å². The number of carboxylic acid groups (broad SMARTS) is 1. The fourth-order valence-electron chi connectivity index (χ4n) is 6.95. The molecule has 34 nitrogen and oxygen atoms in total. The molecular formula is C45H53N21O13. The number of nitro benzene ring substituents is 2. The van der Waals surface area contributed by atoms with E-state index in [0.29, 0.717) is 17.7 Å². The molecule has 4 aromatic rings. The Morgan fingerprint density at radius 2 is 0.987 bits per heavy atom. The summed E-state index contributed by atoms with van der Waals surface area (Å²) in [6.45, 7) is -1.86. The topological polar surface area (TPSA) is 593 Å². The van der Waals surface area contributed by atoms with Gasteiger partial charge < -0.3 is 93.3 Å². The molecule has 0 radical (unpaired) electrons. The molecule has 0 heterocycles. The molecule has 0 saturated carbocycles. The lowest BCUT2D eigenvalue weighted by atomic mass is 10.0. The molecule has 25 N–H and O–H groups in total. The number of nitrogens with zero attached hydrogens (tertiary/aromatic N) is 7. The molecule has 0 bridgehead atoms. The van der Waals surface area contributed by atoms with Crippen LogP contribution in [-0.2, 0) is 35.3 Å². The molecule has 0 spiro atoms. The number of guanidine groups is 4. The Balaban J connectivity index is 1.76. The summed E-state index contributed by atoms with van der Waals surface area (Å²) >= 11 is 0. The molecule has 6 unspecified atom stereocenters. The number of nitrogens with two attached hydrogens (primary N) is 9. The monoisotopic (exact) mass is 1100 g/mol. The van der Waals surface area contributed by atoms with Gasteiger partial charge in [0.2, 0.25) is 36.5 Å². The third-order valence-electron chi connectivity index (χ3n) is 10.4. The molecule has 0 aliphatic rings. The number of carbonyl (C=O) groups is 7. The molecule has 0 fully saturated rings. The number of aromatic carboxylic acids is 1. The summed E-state index contributed by atoms with van der Waals surface area (Å²) in [5.74, 6) is -13.4. The van der Waals surface area contributed by atoms with E-state index in [1.54, 1.807) is 18.2 Å². The highest BCUT2D eigenvalue weighted by Crippen LogP contribution is 2.38. The Labute approximate surface area is 445 Å². The quantitative estimate of drug-likeness (QED) is 0.00920. The van der Waals surface area contributed by atoms with Crippen LogP contribution in [0.4, 0.5) is 17.1 Å². The summed E-state index contributed by atoms with van der Waals surface area (Å²) in [5, 5.41) is 56.4.